The average molecular weight is 288 g/mol. The topological polar surface area (TPSA) is 105 Å². The van der Waals surface area contributed by atoms with Crippen molar-refractivity contribution >= 4 is 17.8 Å². The van der Waals surface area contributed by atoms with Gasteiger partial charge in [0.05, 0.1) is 18.6 Å². The van der Waals surface area contributed by atoms with E-state index in [0.717, 1.165) is 0 Å². The molecule has 0 aliphatic heterocycles. The Balaban J connectivity index is 4.19. The third-order valence-corrected chi connectivity index (χ3v) is 2.63. The zero-order chi connectivity index (χ0) is 15.6. The van der Waals surface area contributed by atoms with Crippen molar-refractivity contribution in [3.63, 3.8) is 0 Å². The molecular formula is C13H24N2O5. The molecule has 0 saturated heterocycles. The molecule has 20 heavy (non-hydrogen) atoms. The average Bonchev–Trinajstić information content (AvgIpc) is 2.27. The SMILES string of the molecule is CCNC(=O)CCCC(=O)NC(C)(COC)CC(=O)O. The smallest absolute Gasteiger partial charge is 0.305 e. The molecule has 0 aliphatic carbocycles. The molecule has 0 rings (SSSR count). The van der Waals surface area contributed by atoms with Gasteiger partial charge in [0.25, 0.3) is 0 Å². The van der Waals surface area contributed by atoms with E-state index < -0.39 is 11.5 Å². The molecule has 1 atom stereocenters. The van der Waals surface area contributed by atoms with Crippen LogP contribution in [0.15, 0.2) is 0 Å². The van der Waals surface area contributed by atoms with Crippen LogP contribution in [0.5, 0.6) is 0 Å². The molecule has 0 bridgehead atoms. The Hall–Kier alpha value is -1.63. The molecule has 0 aromatic rings. The number of hydrogen-bond donors (Lipinski definition) is 3. The minimum Gasteiger partial charge on any atom is -0.481 e. The summed E-state index contributed by atoms with van der Waals surface area (Å²) in [5, 5.41) is 14.1. The van der Waals surface area contributed by atoms with Crippen molar-refractivity contribution in [2.24, 2.45) is 0 Å². The van der Waals surface area contributed by atoms with Gasteiger partial charge < -0.3 is 20.5 Å². The van der Waals surface area contributed by atoms with Gasteiger partial charge in [0.15, 0.2) is 0 Å². The molecule has 0 radical (unpaired) electrons. The monoisotopic (exact) mass is 288 g/mol. The number of hydrogen-bond acceptors (Lipinski definition) is 4. The summed E-state index contributed by atoms with van der Waals surface area (Å²) in [6.45, 7) is 4.12. The highest BCUT2D eigenvalue weighted by Crippen LogP contribution is 2.11. The minimum absolute atomic E-state index is 0.0921. The molecule has 0 spiro atoms. The van der Waals surface area contributed by atoms with E-state index in [2.05, 4.69) is 10.6 Å². The van der Waals surface area contributed by atoms with Gasteiger partial charge in [-0.3, -0.25) is 14.4 Å². The lowest BCUT2D eigenvalue weighted by Gasteiger charge is -2.28. The normalized spacial score (nSPS) is 13.3. The fourth-order valence-corrected chi connectivity index (χ4v) is 1.88. The Bertz CT molecular complexity index is 346. The number of ether oxygens (including phenoxy) is 1. The Kier molecular flexibility index (Phi) is 8.54. The van der Waals surface area contributed by atoms with Gasteiger partial charge in [-0.25, -0.2) is 0 Å². The molecule has 7 nitrogen and oxygen atoms in total. The Labute approximate surface area is 119 Å². The summed E-state index contributed by atoms with van der Waals surface area (Å²) in [6, 6.07) is 0. The predicted molar refractivity (Wildman–Crippen MR) is 73.2 cm³/mol. The first-order valence-electron chi connectivity index (χ1n) is 6.61. The maximum absolute atomic E-state index is 11.8. The van der Waals surface area contributed by atoms with Crippen LogP contribution in [0, 0.1) is 0 Å². The number of carbonyl (C=O) groups excluding carboxylic acids is 2. The molecule has 0 aliphatic rings. The van der Waals surface area contributed by atoms with Crippen molar-refractivity contribution in [2.75, 3.05) is 20.3 Å². The molecule has 0 saturated carbocycles. The summed E-state index contributed by atoms with van der Waals surface area (Å²) in [5.41, 5.74) is -0.941. The summed E-state index contributed by atoms with van der Waals surface area (Å²) >= 11 is 0. The summed E-state index contributed by atoms with van der Waals surface area (Å²) < 4.78 is 4.94. The van der Waals surface area contributed by atoms with Crippen molar-refractivity contribution in [1.82, 2.24) is 10.6 Å². The second-order valence-electron chi connectivity index (χ2n) is 4.92. The van der Waals surface area contributed by atoms with Crippen LogP contribution in [-0.2, 0) is 19.1 Å². The number of methoxy groups -OCH3 is 1. The number of carboxylic acid groups (broad SMARTS) is 1. The molecule has 0 heterocycles. The lowest BCUT2D eigenvalue weighted by Crippen LogP contribution is -2.50. The Morgan fingerprint density at radius 1 is 1.20 bits per heavy atom. The number of aliphatic carboxylic acids is 1. The van der Waals surface area contributed by atoms with Gasteiger partial charge in [-0.2, -0.15) is 0 Å². The standard InChI is InChI=1S/C13H24N2O5/c1-4-14-10(16)6-5-7-11(17)15-13(2,9-20-3)8-12(18)19/h4-9H2,1-3H3,(H,14,16)(H,15,17)(H,18,19). The van der Waals surface area contributed by atoms with Crippen molar-refractivity contribution in [3.05, 3.63) is 0 Å². The van der Waals surface area contributed by atoms with Gasteiger partial charge in [0.2, 0.25) is 11.8 Å². The van der Waals surface area contributed by atoms with E-state index in [9.17, 15) is 14.4 Å². The van der Waals surface area contributed by atoms with Gasteiger partial charge in [0.1, 0.15) is 0 Å². The number of rotatable bonds is 10. The van der Waals surface area contributed by atoms with E-state index in [4.69, 9.17) is 9.84 Å². The lowest BCUT2D eigenvalue weighted by molar-refractivity contribution is -0.139. The summed E-state index contributed by atoms with van der Waals surface area (Å²) in [7, 11) is 1.45. The number of amides is 2. The van der Waals surface area contributed by atoms with Crippen LogP contribution in [0.25, 0.3) is 0 Å². The maximum atomic E-state index is 11.8. The second kappa shape index (κ2) is 9.30. The molecule has 2 amide bonds. The highest BCUT2D eigenvalue weighted by Gasteiger charge is 2.29. The molecule has 1 unspecified atom stereocenters. The van der Waals surface area contributed by atoms with Crippen LogP contribution >= 0.6 is 0 Å². The molecule has 116 valence electrons. The summed E-state index contributed by atoms with van der Waals surface area (Å²) in [4.78, 5) is 33.8. The number of nitrogens with one attached hydrogen (secondary N) is 2. The molecule has 0 aromatic heterocycles. The molecule has 3 N–H and O–H groups in total. The van der Waals surface area contributed by atoms with Crippen LogP contribution in [-0.4, -0.2) is 48.7 Å². The minimum atomic E-state index is -1.01. The van der Waals surface area contributed by atoms with Gasteiger partial charge in [-0.15, -0.1) is 0 Å². The first-order chi connectivity index (χ1) is 9.33. The largest absolute Gasteiger partial charge is 0.481 e. The first kappa shape index (κ1) is 18.4. The van der Waals surface area contributed by atoms with Crippen LogP contribution in [0.4, 0.5) is 0 Å². The first-order valence-corrected chi connectivity index (χ1v) is 6.61. The number of carbonyl (C=O) groups is 3. The van der Waals surface area contributed by atoms with Crippen molar-refractivity contribution < 1.29 is 24.2 Å². The van der Waals surface area contributed by atoms with E-state index in [1.54, 1.807) is 6.92 Å². The van der Waals surface area contributed by atoms with E-state index in [1.807, 2.05) is 6.92 Å². The van der Waals surface area contributed by atoms with Crippen molar-refractivity contribution in [3.8, 4) is 0 Å². The molecule has 0 fully saturated rings. The molecular weight excluding hydrogens is 264 g/mol. The fraction of sp³-hybridized carbons (Fsp3) is 0.769. The zero-order valence-corrected chi connectivity index (χ0v) is 12.3. The zero-order valence-electron chi connectivity index (χ0n) is 12.3. The maximum Gasteiger partial charge on any atom is 0.305 e. The van der Waals surface area contributed by atoms with Gasteiger partial charge in [-0.1, -0.05) is 0 Å². The second-order valence-corrected chi connectivity index (χ2v) is 4.92. The Morgan fingerprint density at radius 2 is 1.80 bits per heavy atom. The van der Waals surface area contributed by atoms with Gasteiger partial charge >= 0.3 is 5.97 Å². The van der Waals surface area contributed by atoms with E-state index in [0.29, 0.717) is 13.0 Å². The van der Waals surface area contributed by atoms with Gasteiger partial charge in [0, 0.05) is 26.5 Å². The predicted octanol–water partition coefficient (Wildman–Crippen LogP) is 0.289. The van der Waals surface area contributed by atoms with E-state index in [-0.39, 0.29) is 37.7 Å². The van der Waals surface area contributed by atoms with Crippen LogP contribution in [0.2, 0.25) is 0 Å². The van der Waals surface area contributed by atoms with Crippen LogP contribution in [0.1, 0.15) is 39.5 Å². The number of carboxylic acids is 1. The Morgan fingerprint density at radius 3 is 2.30 bits per heavy atom. The summed E-state index contributed by atoms with van der Waals surface area (Å²) in [6.07, 6.45) is 0.661. The molecule has 7 heteroatoms. The van der Waals surface area contributed by atoms with Crippen molar-refractivity contribution in [2.45, 2.75) is 45.1 Å². The van der Waals surface area contributed by atoms with Crippen LogP contribution in [0.3, 0.4) is 0 Å². The van der Waals surface area contributed by atoms with E-state index in [1.165, 1.54) is 7.11 Å². The van der Waals surface area contributed by atoms with Gasteiger partial charge in [-0.05, 0) is 20.3 Å². The highest BCUT2D eigenvalue weighted by atomic mass is 16.5. The van der Waals surface area contributed by atoms with E-state index >= 15 is 0 Å². The third kappa shape index (κ3) is 8.47. The summed E-state index contributed by atoms with van der Waals surface area (Å²) in [5.74, 6) is -1.38. The quantitative estimate of drug-likeness (QED) is 0.536. The van der Waals surface area contributed by atoms with Crippen LogP contribution < -0.4 is 10.6 Å². The highest BCUT2D eigenvalue weighted by molar-refractivity contribution is 5.80. The molecule has 0 aromatic carbocycles. The van der Waals surface area contributed by atoms with Crippen molar-refractivity contribution in [1.29, 1.82) is 0 Å². The fourth-order valence-electron chi connectivity index (χ4n) is 1.88. The lowest BCUT2D eigenvalue weighted by atomic mass is 9.98. The third-order valence-electron chi connectivity index (χ3n) is 2.63.